The molecule has 1 aromatic carbocycles. The molecule has 4 N–H and O–H groups in total. The summed E-state index contributed by atoms with van der Waals surface area (Å²) in [5.41, 5.74) is 7.23. The maximum absolute atomic E-state index is 11.9. The van der Waals surface area contributed by atoms with E-state index in [4.69, 9.17) is 10.8 Å². The zero-order valence-corrected chi connectivity index (χ0v) is 11.7. The lowest BCUT2D eigenvalue weighted by Crippen LogP contribution is -2.40. The Labute approximate surface area is 118 Å². The average Bonchev–Trinajstić information content (AvgIpc) is 2.44. The van der Waals surface area contributed by atoms with Gasteiger partial charge in [-0.2, -0.15) is 0 Å². The fraction of sp³-hybridized carbons (Fsp3) is 0.333. The molecular formula is C15H20N2O3. The Balaban J connectivity index is 2.66. The number of anilines is 1. The van der Waals surface area contributed by atoms with Crippen molar-refractivity contribution in [2.24, 2.45) is 11.7 Å². The van der Waals surface area contributed by atoms with Gasteiger partial charge in [0.25, 0.3) is 0 Å². The highest BCUT2D eigenvalue weighted by atomic mass is 16.4. The van der Waals surface area contributed by atoms with Crippen LogP contribution in [0.25, 0.3) is 6.08 Å². The van der Waals surface area contributed by atoms with E-state index in [1.807, 2.05) is 13.8 Å². The van der Waals surface area contributed by atoms with E-state index in [0.717, 1.165) is 18.1 Å². The second-order valence-corrected chi connectivity index (χ2v) is 4.69. The van der Waals surface area contributed by atoms with Crippen LogP contribution in [-0.4, -0.2) is 23.0 Å². The van der Waals surface area contributed by atoms with E-state index in [9.17, 15) is 9.59 Å². The molecule has 0 aliphatic rings. The number of carboxylic acids is 1. The number of carbonyl (C=O) groups is 2. The fourth-order valence-corrected chi connectivity index (χ4v) is 1.58. The summed E-state index contributed by atoms with van der Waals surface area (Å²) >= 11 is 0. The number of amides is 1. The quantitative estimate of drug-likeness (QED) is 0.694. The maximum atomic E-state index is 11.9. The Kier molecular flexibility index (Phi) is 5.93. The molecule has 0 heterocycles. The predicted molar refractivity (Wildman–Crippen MR) is 79.2 cm³/mol. The molecule has 1 unspecified atom stereocenters. The number of hydrogen-bond acceptors (Lipinski definition) is 3. The van der Waals surface area contributed by atoms with Crippen molar-refractivity contribution in [2.45, 2.75) is 26.3 Å². The van der Waals surface area contributed by atoms with Crippen molar-refractivity contribution >= 4 is 23.6 Å². The Morgan fingerprint density at radius 3 is 2.45 bits per heavy atom. The molecule has 0 aliphatic heterocycles. The summed E-state index contributed by atoms with van der Waals surface area (Å²) in [6.45, 7) is 3.92. The molecule has 1 rings (SSSR count). The molecule has 0 aromatic heterocycles. The van der Waals surface area contributed by atoms with Crippen LogP contribution in [0.2, 0.25) is 0 Å². The minimum Gasteiger partial charge on any atom is -0.478 e. The van der Waals surface area contributed by atoms with Gasteiger partial charge in [-0.25, -0.2) is 4.79 Å². The summed E-state index contributed by atoms with van der Waals surface area (Å²) in [5, 5.41) is 11.3. The first-order chi connectivity index (χ1) is 9.43. The van der Waals surface area contributed by atoms with Crippen molar-refractivity contribution in [1.29, 1.82) is 0 Å². The van der Waals surface area contributed by atoms with Crippen molar-refractivity contribution in [3.05, 3.63) is 35.9 Å². The molecule has 0 saturated carbocycles. The molecule has 0 radical (unpaired) electrons. The van der Waals surface area contributed by atoms with Crippen LogP contribution in [0.1, 0.15) is 25.8 Å². The van der Waals surface area contributed by atoms with Crippen LogP contribution in [-0.2, 0) is 9.59 Å². The lowest BCUT2D eigenvalue weighted by atomic mass is 9.99. The first kappa shape index (κ1) is 15.9. The maximum Gasteiger partial charge on any atom is 0.328 e. The monoisotopic (exact) mass is 276 g/mol. The Hall–Kier alpha value is -2.14. The number of carboxylic acid groups (broad SMARTS) is 1. The number of aliphatic carboxylic acids is 1. The number of hydrogen-bond donors (Lipinski definition) is 3. The summed E-state index contributed by atoms with van der Waals surface area (Å²) < 4.78 is 0. The molecule has 20 heavy (non-hydrogen) atoms. The summed E-state index contributed by atoms with van der Waals surface area (Å²) in [6.07, 6.45) is 3.39. The molecule has 2 atom stereocenters. The lowest BCUT2D eigenvalue weighted by Gasteiger charge is -2.17. The summed E-state index contributed by atoms with van der Waals surface area (Å²) in [4.78, 5) is 22.3. The normalized spacial score (nSPS) is 13.9. The minimum absolute atomic E-state index is 0.118. The molecule has 108 valence electrons. The second-order valence-electron chi connectivity index (χ2n) is 4.69. The van der Waals surface area contributed by atoms with Gasteiger partial charge in [-0.3, -0.25) is 4.79 Å². The Morgan fingerprint density at radius 1 is 1.35 bits per heavy atom. The number of nitrogens with two attached hydrogens (primary N) is 1. The summed E-state index contributed by atoms with van der Waals surface area (Å²) in [5.74, 6) is -1.09. The topological polar surface area (TPSA) is 92.4 Å². The van der Waals surface area contributed by atoms with Crippen molar-refractivity contribution < 1.29 is 14.7 Å². The molecule has 5 nitrogen and oxygen atoms in total. The van der Waals surface area contributed by atoms with Gasteiger partial charge in [-0.05, 0) is 29.7 Å². The standard InChI is InChI=1S/C15H20N2O3/c1-3-10(2)14(16)15(20)17-12-7-4-11(5-8-12)6-9-13(18)19/h4-10,14H,3,16H2,1-2H3,(H,17,20)(H,18,19)/b9-6+/t10?,14-/m0/s1. The molecule has 1 amide bonds. The van der Waals surface area contributed by atoms with Gasteiger partial charge in [-0.15, -0.1) is 0 Å². The van der Waals surface area contributed by atoms with Crippen molar-refractivity contribution in [1.82, 2.24) is 0 Å². The molecular weight excluding hydrogens is 256 g/mol. The van der Waals surface area contributed by atoms with Crippen LogP contribution in [0.5, 0.6) is 0 Å². The van der Waals surface area contributed by atoms with Crippen molar-refractivity contribution in [3.8, 4) is 0 Å². The predicted octanol–water partition coefficient (Wildman–Crippen LogP) is 2.10. The van der Waals surface area contributed by atoms with E-state index in [1.54, 1.807) is 24.3 Å². The number of rotatable bonds is 6. The van der Waals surface area contributed by atoms with Crippen LogP contribution in [0.4, 0.5) is 5.69 Å². The fourth-order valence-electron chi connectivity index (χ4n) is 1.58. The number of benzene rings is 1. The minimum atomic E-state index is -0.998. The van der Waals surface area contributed by atoms with Gasteiger partial charge >= 0.3 is 5.97 Å². The second kappa shape index (κ2) is 7.45. The van der Waals surface area contributed by atoms with Gasteiger partial charge in [-0.1, -0.05) is 32.4 Å². The molecule has 5 heteroatoms. The first-order valence-corrected chi connectivity index (χ1v) is 6.51. The van der Waals surface area contributed by atoms with Gasteiger partial charge in [0.15, 0.2) is 0 Å². The SMILES string of the molecule is CCC(C)[C@H](N)C(=O)Nc1ccc(/C=C/C(=O)O)cc1. The lowest BCUT2D eigenvalue weighted by molar-refractivity contribution is -0.131. The number of carbonyl (C=O) groups excluding carboxylic acids is 1. The van der Waals surface area contributed by atoms with E-state index in [0.29, 0.717) is 5.69 Å². The smallest absolute Gasteiger partial charge is 0.328 e. The van der Waals surface area contributed by atoms with Gasteiger partial charge < -0.3 is 16.2 Å². The first-order valence-electron chi connectivity index (χ1n) is 6.51. The molecule has 0 spiro atoms. The van der Waals surface area contributed by atoms with Gasteiger partial charge in [0, 0.05) is 11.8 Å². The Bertz CT molecular complexity index is 494. The zero-order valence-electron chi connectivity index (χ0n) is 11.7. The summed E-state index contributed by atoms with van der Waals surface area (Å²) in [6, 6.07) is 6.34. The van der Waals surface area contributed by atoms with E-state index >= 15 is 0 Å². The zero-order chi connectivity index (χ0) is 15.1. The molecule has 0 bridgehead atoms. The van der Waals surface area contributed by atoms with Crippen molar-refractivity contribution in [2.75, 3.05) is 5.32 Å². The van der Waals surface area contributed by atoms with Gasteiger partial charge in [0.1, 0.15) is 0 Å². The van der Waals surface area contributed by atoms with Crippen molar-refractivity contribution in [3.63, 3.8) is 0 Å². The highest BCUT2D eigenvalue weighted by Crippen LogP contribution is 2.13. The molecule has 0 fully saturated rings. The van der Waals surface area contributed by atoms with E-state index < -0.39 is 12.0 Å². The van der Waals surface area contributed by atoms with Crippen LogP contribution in [0, 0.1) is 5.92 Å². The van der Waals surface area contributed by atoms with E-state index in [2.05, 4.69) is 5.32 Å². The van der Waals surface area contributed by atoms with Crippen LogP contribution in [0.15, 0.2) is 30.3 Å². The van der Waals surface area contributed by atoms with Gasteiger partial charge in [0.2, 0.25) is 5.91 Å². The van der Waals surface area contributed by atoms with Gasteiger partial charge in [0.05, 0.1) is 6.04 Å². The largest absolute Gasteiger partial charge is 0.478 e. The van der Waals surface area contributed by atoms with Crippen LogP contribution >= 0.6 is 0 Å². The summed E-state index contributed by atoms with van der Waals surface area (Å²) in [7, 11) is 0. The van der Waals surface area contributed by atoms with E-state index in [1.165, 1.54) is 6.08 Å². The highest BCUT2D eigenvalue weighted by molar-refractivity contribution is 5.95. The third-order valence-corrected chi connectivity index (χ3v) is 3.16. The van der Waals surface area contributed by atoms with E-state index in [-0.39, 0.29) is 11.8 Å². The molecule has 1 aromatic rings. The van der Waals surface area contributed by atoms with Crippen LogP contribution < -0.4 is 11.1 Å². The highest BCUT2D eigenvalue weighted by Gasteiger charge is 2.19. The Morgan fingerprint density at radius 2 is 1.95 bits per heavy atom. The molecule has 0 saturated heterocycles. The third-order valence-electron chi connectivity index (χ3n) is 3.16. The third kappa shape index (κ3) is 4.85. The van der Waals surface area contributed by atoms with Crippen LogP contribution in [0.3, 0.4) is 0 Å². The molecule has 0 aliphatic carbocycles. The number of nitrogens with one attached hydrogen (secondary N) is 1. The average molecular weight is 276 g/mol.